The van der Waals surface area contributed by atoms with Crippen LogP contribution in [0.4, 0.5) is 4.79 Å². The molecule has 4 N–H and O–H groups in total. The lowest BCUT2D eigenvalue weighted by molar-refractivity contribution is -0.141. The molecule has 0 saturated heterocycles. The van der Waals surface area contributed by atoms with Gasteiger partial charge < -0.3 is 59.0 Å². The largest absolute Gasteiger partial charge is 0.480 e. The summed E-state index contributed by atoms with van der Waals surface area (Å²) in [6.45, 7) is 7.84. The molecule has 23 nitrogen and oxygen atoms in total. The third-order valence-corrected chi connectivity index (χ3v) is 9.19. The van der Waals surface area contributed by atoms with Crippen LogP contribution in [0, 0.1) is 0 Å². The number of aliphatic carboxylic acids is 1. The van der Waals surface area contributed by atoms with E-state index in [1.54, 1.807) is 6.07 Å². The third-order valence-electron chi connectivity index (χ3n) is 9.19. The Labute approximate surface area is 371 Å². The molecular weight excluding hydrogens is 841 g/mol. The molecule has 64 heavy (non-hydrogen) atoms. The van der Waals surface area contributed by atoms with Crippen molar-refractivity contribution in [2.45, 2.75) is 19.4 Å². The molecule has 352 valence electrons. The van der Waals surface area contributed by atoms with E-state index < -0.39 is 23.9 Å². The number of carboxylic acid groups (broad SMARTS) is 1. The molecule has 1 atom stereocenters. The molecule has 1 aliphatic rings. The van der Waals surface area contributed by atoms with Gasteiger partial charge in [0, 0.05) is 80.6 Å². The number of alkyl carbamates (subject to hydrolysis) is 1. The molecule has 0 saturated carbocycles. The molecule has 2 aromatic rings. The van der Waals surface area contributed by atoms with Crippen molar-refractivity contribution in [3.8, 4) is 11.1 Å². The van der Waals surface area contributed by atoms with Crippen LogP contribution in [-0.2, 0) is 54.0 Å². The zero-order chi connectivity index (χ0) is 46.0. The SMILES string of the molecule is CC(=O)OCCN(CCNC(=O)OCC1c2cc(CNCCOCCOCCOCCN=[N+]=[N-])ccc2-c2ccc(C(=O)NCCOCCOCCOCCN=[N+]=[N-])cc21)CC(=O)O. The zero-order valence-corrected chi connectivity index (χ0v) is 36.3. The lowest BCUT2D eigenvalue weighted by Crippen LogP contribution is -2.39. The number of amides is 2. The maximum atomic E-state index is 13.3. The minimum absolute atomic E-state index is 0.0136. The number of carboxylic acids is 1. The average molecular weight is 901 g/mol. The molecular formula is C41H60N10O13. The summed E-state index contributed by atoms with van der Waals surface area (Å²) in [5.74, 6) is -2.22. The third kappa shape index (κ3) is 22.2. The normalized spacial score (nSPS) is 12.4. The first kappa shape index (κ1) is 52.8. The van der Waals surface area contributed by atoms with Crippen LogP contribution in [0.25, 0.3) is 32.0 Å². The Morgan fingerprint density at radius 1 is 0.672 bits per heavy atom. The summed E-state index contributed by atoms with van der Waals surface area (Å²) in [5, 5.41) is 25.0. The van der Waals surface area contributed by atoms with Gasteiger partial charge in [0.1, 0.15) is 13.2 Å². The van der Waals surface area contributed by atoms with E-state index in [1.165, 1.54) is 11.8 Å². The highest BCUT2D eigenvalue weighted by Gasteiger charge is 2.31. The van der Waals surface area contributed by atoms with Crippen LogP contribution >= 0.6 is 0 Å². The Hall–Kier alpha value is -5.58. The molecule has 1 unspecified atom stereocenters. The van der Waals surface area contributed by atoms with E-state index >= 15 is 0 Å². The zero-order valence-electron chi connectivity index (χ0n) is 36.3. The van der Waals surface area contributed by atoms with Gasteiger partial charge in [-0.3, -0.25) is 19.3 Å². The number of ether oxygens (including phenoxy) is 8. The van der Waals surface area contributed by atoms with Gasteiger partial charge in [0.05, 0.1) is 85.8 Å². The number of fused-ring (bicyclic) bond motifs is 3. The number of hydrogen-bond donors (Lipinski definition) is 4. The van der Waals surface area contributed by atoms with E-state index in [-0.39, 0.29) is 71.5 Å². The quantitative estimate of drug-likeness (QED) is 0.0249. The highest BCUT2D eigenvalue weighted by atomic mass is 16.6. The van der Waals surface area contributed by atoms with Gasteiger partial charge in [0.15, 0.2) is 0 Å². The fourth-order valence-electron chi connectivity index (χ4n) is 6.25. The molecule has 0 spiro atoms. The Morgan fingerprint density at radius 3 is 1.83 bits per heavy atom. The number of benzene rings is 2. The van der Waals surface area contributed by atoms with Crippen molar-refractivity contribution in [2.24, 2.45) is 10.2 Å². The fraction of sp³-hybridized carbons (Fsp3) is 0.610. The van der Waals surface area contributed by atoms with Gasteiger partial charge in [-0.1, -0.05) is 34.5 Å². The lowest BCUT2D eigenvalue weighted by Gasteiger charge is -2.20. The number of hydrogen-bond acceptors (Lipinski definition) is 16. The van der Waals surface area contributed by atoms with E-state index in [4.69, 9.17) is 49.0 Å². The number of esters is 1. The van der Waals surface area contributed by atoms with Crippen LogP contribution in [-0.4, -0.2) is 179 Å². The van der Waals surface area contributed by atoms with Gasteiger partial charge in [0.25, 0.3) is 5.91 Å². The smallest absolute Gasteiger partial charge is 0.407 e. The van der Waals surface area contributed by atoms with E-state index in [2.05, 4.69) is 42.1 Å². The molecule has 0 fully saturated rings. The molecule has 0 radical (unpaired) electrons. The molecule has 2 amide bonds. The molecule has 2 aromatic carbocycles. The molecule has 0 heterocycles. The van der Waals surface area contributed by atoms with E-state index in [0.29, 0.717) is 91.3 Å². The average Bonchev–Trinajstić information content (AvgIpc) is 3.58. The van der Waals surface area contributed by atoms with Crippen molar-refractivity contribution in [1.82, 2.24) is 20.9 Å². The number of carbonyl (C=O) groups is 4. The Bertz CT molecular complexity index is 1830. The van der Waals surface area contributed by atoms with E-state index in [1.807, 2.05) is 24.3 Å². The van der Waals surface area contributed by atoms with Crippen molar-refractivity contribution in [3.63, 3.8) is 0 Å². The van der Waals surface area contributed by atoms with Crippen LogP contribution in [0.1, 0.15) is 39.9 Å². The van der Waals surface area contributed by atoms with Crippen LogP contribution < -0.4 is 16.0 Å². The second kappa shape index (κ2) is 33.0. The molecule has 1 aliphatic carbocycles. The second-order valence-electron chi connectivity index (χ2n) is 13.8. The maximum Gasteiger partial charge on any atom is 0.407 e. The summed E-state index contributed by atoms with van der Waals surface area (Å²) in [7, 11) is 0. The maximum absolute atomic E-state index is 13.3. The van der Waals surface area contributed by atoms with Gasteiger partial charge in [-0.2, -0.15) is 0 Å². The van der Waals surface area contributed by atoms with Crippen molar-refractivity contribution in [2.75, 3.05) is 145 Å². The Morgan fingerprint density at radius 2 is 1.23 bits per heavy atom. The number of nitrogens with one attached hydrogen (secondary N) is 3. The predicted molar refractivity (Wildman–Crippen MR) is 231 cm³/mol. The Kier molecular flexibility index (Phi) is 27.2. The van der Waals surface area contributed by atoms with Crippen molar-refractivity contribution < 1.29 is 62.2 Å². The molecule has 0 bridgehead atoms. The molecule has 0 aromatic heterocycles. The highest BCUT2D eigenvalue weighted by Crippen LogP contribution is 2.45. The first-order valence-electron chi connectivity index (χ1n) is 21.0. The minimum atomic E-state index is -1.06. The Balaban J connectivity index is 1.53. The summed E-state index contributed by atoms with van der Waals surface area (Å²) in [6.07, 6.45) is -0.695. The summed E-state index contributed by atoms with van der Waals surface area (Å²) < 4.78 is 43.4. The van der Waals surface area contributed by atoms with Crippen molar-refractivity contribution in [3.05, 3.63) is 79.5 Å². The van der Waals surface area contributed by atoms with E-state index in [9.17, 15) is 24.3 Å². The number of azide groups is 2. The van der Waals surface area contributed by atoms with Crippen LogP contribution in [0.3, 0.4) is 0 Å². The van der Waals surface area contributed by atoms with Crippen LogP contribution in [0.15, 0.2) is 46.6 Å². The number of nitrogens with zero attached hydrogens (tertiary/aromatic N) is 7. The topological polar surface area (TPSA) is 299 Å². The van der Waals surface area contributed by atoms with Gasteiger partial charge in [-0.05, 0) is 51.0 Å². The molecule has 23 heteroatoms. The summed E-state index contributed by atoms with van der Waals surface area (Å²) >= 11 is 0. The summed E-state index contributed by atoms with van der Waals surface area (Å²) in [6, 6.07) is 11.6. The van der Waals surface area contributed by atoms with E-state index in [0.717, 1.165) is 27.8 Å². The van der Waals surface area contributed by atoms with Crippen molar-refractivity contribution >= 4 is 23.9 Å². The minimum Gasteiger partial charge on any atom is -0.480 e. The molecule has 0 aliphatic heterocycles. The van der Waals surface area contributed by atoms with Gasteiger partial charge in [-0.25, -0.2) is 4.79 Å². The number of rotatable bonds is 37. The standard InChI is InChI=1S/C41H60N10O13/c1-31(52)63-17-12-51(29-39(53)54)11-6-46-41(56)64-30-38-36-26-32(28-44-7-13-57-18-22-61-24-20-59-15-9-47-49-42)2-4-34(36)35-5-3-33(27-37(35)38)40(55)45-8-14-58-19-23-62-25-21-60-16-10-48-50-43/h2-5,26-27,38,44H,6-25,28-30H2,1H3,(H,45,55)(H,46,56)(H,53,54). The summed E-state index contributed by atoms with van der Waals surface area (Å²) in [4.78, 5) is 55.6. The van der Waals surface area contributed by atoms with Gasteiger partial charge in [-0.15, -0.1) is 0 Å². The first-order valence-corrected chi connectivity index (χ1v) is 21.0. The predicted octanol–water partition coefficient (Wildman–Crippen LogP) is 3.01. The lowest BCUT2D eigenvalue weighted by atomic mass is 9.95. The van der Waals surface area contributed by atoms with Gasteiger partial charge >= 0.3 is 18.0 Å². The fourth-order valence-corrected chi connectivity index (χ4v) is 6.25. The van der Waals surface area contributed by atoms with Crippen LogP contribution in [0.5, 0.6) is 0 Å². The van der Waals surface area contributed by atoms with Gasteiger partial charge in [0.2, 0.25) is 0 Å². The first-order chi connectivity index (χ1) is 31.2. The monoisotopic (exact) mass is 900 g/mol. The van der Waals surface area contributed by atoms with Crippen LogP contribution in [0.2, 0.25) is 0 Å². The van der Waals surface area contributed by atoms with Crippen molar-refractivity contribution in [1.29, 1.82) is 0 Å². The highest BCUT2D eigenvalue weighted by molar-refractivity contribution is 5.96. The number of carbonyl (C=O) groups excluding carboxylic acids is 3. The second-order valence-corrected chi connectivity index (χ2v) is 13.8. The summed E-state index contributed by atoms with van der Waals surface area (Å²) in [5.41, 5.74) is 21.6. The molecule has 3 rings (SSSR count).